The molecule has 1 aliphatic rings. The number of carbonyl (C=O) groups excluding carboxylic acids is 1. The van der Waals surface area contributed by atoms with Gasteiger partial charge in [0.25, 0.3) is 11.8 Å². The summed E-state index contributed by atoms with van der Waals surface area (Å²) >= 11 is 0. The number of likely N-dealkylation sites (tertiary alicyclic amines) is 1. The van der Waals surface area contributed by atoms with Crippen molar-refractivity contribution < 1.29 is 27.1 Å². The molecule has 3 aromatic rings. The van der Waals surface area contributed by atoms with E-state index in [4.69, 9.17) is 4.74 Å². The number of methoxy groups -OCH3 is 1. The van der Waals surface area contributed by atoms with Crippen LogP contribution < -0.4 is 4.74 Å². The molecule has 0 N–H and O–H groups in total. The van der Waals surface area contributed by atoms with E-state index in [2.05, 4.69) is 0 Å². The number of carbonyl (C=O) groups is 1. The Bertz CT molecular complexity index is 1130. The van der Waals surface area contributed by atoms with Gasteiger partial charge in [0, 0.05) is 30.2 Å². The molecule has 1 fully saturated rings. The summed E-state index contributed by atoms with van der Waals surface area (Å²) in [5.74, 6) is -4.88. The van der Waals surface area contributed by atoms with Crippen LogP contribution in [0.15, 0.2) is 48.5 Å². The largest absolute Gasteiger partial charge is 0.493 e. The number of nitrogens with zero attached hydrogens (tertiary/aromatic N) is 1. The molecule has 3 nitrogen and oxygen atoms in total. The van der Waals surface area contributed by atoms with Crippen molar-refractivity contribution in [1.29, 1.82) is 0 Å². The van der Waals surface area contributed by atoms with E-state index in [0.29, 0.717) is 23.1 Å². The maximum absolute atomic E-state index is 14.0. The normalized spacial score (nSPS) is 16.0. The van der Waals surface area contributed by atoms with Gasteiger partial charge in [0.15, 0.2) is 11.6 Å². The summed E-state index contributed by atoms with van der Waals surface area (Å²) in [4.78, 5) is 13.9. The minimum absolute atomic E-state index is 0.0615. The van der Waals surface area contributed by atoms with E-state index in [0.717, 1.165) is 11.5 Å². The van der Waals surface area contributed by atoms with E-state index in [1.54, 1.807) is 36.4 Å². The number of fused-ring (bicyclic) bond motifs is 1. The van der Waals surface area contributed by atoms with Gasteiger partial charge < -0.3 is 9.64 Å². The molecular formula is C23H19F4NO2. The highest BCUT2D eigenvalue weighted by molar-refractivity contribution is 5.99. The van der Waals surface area contributed by atoms with E-state index < -0.39 is 30.0 Å². The lowest BCUT2D eigenvalue weighted by atomic mass is 9.98. The van der Waals surface area contributed by atoms with Crippen LogP contribution in [0.2, 0.25) is 0 Å². The SMILES string of the molecule is COc1c(F)cc(F)cc1-c1ccc2cc(C(=O)N3CCCC(F)(F)C3)ccc2c1. The average Bonchev–Trinajstić information content (AvgIpc) is 2.71. The summed E-state index contributed by atoms with van der Waals surface area (Å²) in [6.45, 7) is -0.274. The Morgan fingerprint density at radius 2 is 1.77 bits per heavy atom. The van der Waals surface area contributed by atoms with Gasteiger partial charge in [-0.2, -0.15) is 0 Å². The second-order valence-electron chi connectivity index (χ2n) is 7.43. The summed E-state index contributed by atoms with van der Waals surface area (Å²) in [6.07, 6.45) is 0.0587. The lowest BCUT2D eigenvalue weighted by molar-refractivity contribution is -0.0560. The highest BCUT2D eigenvalue weighted by Gasteiger charge is 2.37. The maximum Gasteiger partial charge on any atom is 0.265 e. The second kappa shape index (κ2) is 7.63. The molecule has 0 bridgehead atoms. The molecule has 4 rings (SSSR count). The third-order valence-corrected chi connectivity index (χ3v) is 5.29. The number of amides is 1. The summed E-state index contributed by atoms with van der Waals surface area (Å²) in [7, 11) is 1.31. The predicted molar refractivity (Wildman–Crippen MR) is 106 cm³/mol. The molecule has 0 unspecified atom stereocenters. The van der Waals surface area contributed by atoms with Crippen molar-refractivity contribution in [3.8, 4) is 16.9 Å². The van der Waals surface area contributed by atoms with E-state index in [9.17, 15) is 22.4 Å². The first-order chi connectivity index (χ1) is 14.3. The van der Waals surface area contributed by atoms with E-state index >= 15 is 0 Å². The van der Waals surface area contributed by atoms with Gasteiger partial charge in [-0.1, -0.05) is 18.2 Å². The Hall–Kier alpha value is -3.09. The first-order valence-electron chi connectivity index (χ1n) is 9.52. The molecule has 1 aliphatic heterocycles. The standard InChI is InChI=1S/C23H19F4NO2/c1-30-21-19(11-18(24)12-20(21)25)16-5-3-15-10-17(6-4-14(15)9-16)22(29)28-8-2-7-23(26,27)13-28/h3-6,9-12H,2,7-8,13H2,1H3. The van der Waals surface area contributed by atoms with Crippen LogP contribution in [0.4, 0.5) is 17.6 Å². The first-order valence-corrected chi connectivity index (χ1v) is 9.52. The van der Waals surface area contributed by atoms with Gasteiger partial charge in [-0.3, -0.25) is 4.79 Å². The van der Waals surface area contributed by atoms with Crippen LogP contribution >= 0.6 is 0 Å². The van der Waals surface area contributed by atoms with Gasteiger partial charge in [-0.25, -0.2) is 17.6 Å². The molecular weight excluding hydrogens is 398 g/mol. The zero-order chi connectivity index (χ0) is 21.5. The third-order valence-electron chi connectivity index (χ3n) is 5.29. The van der Waals surface area contributed by atoms with Crippen LogP contribution in [0.25, 0.3) is 21.9 Å². The molecule has 3 aromatic carbocycles. The van der Waals surface area contributed by atoms with Crippen molar-refractivity contribution in [2.75, 3.05) is 20.2 Å². The minimum Gasteiger partial charge on any atom is -0.493 e. The van der Waals surface area contributed by atoms with Gasteiger partial charge in [-0.05, 0) is 47.0 Å². The number of hydrogen-bond donors (Lipinski definition) is 0. The summed E-state index contributed by atoms with van der Waals surface area (Å²) < 4.78 is 60.1. The van der Waals surface area contributed by atoms with Crippen molar-refractivity contribution in [2.24, 2.45) is 0 Å². The Kier molecular flexibility index (Phi) is 5.13. The molecule has 1 heterocycles. The van der Waals surface area contributed by atoms with Crippen LogP contribution in [0.3, 0.4) is 0 Å². The fourth-order valence-electron chi connectivity index (χ4n) is 3.85. The maximum atomic E-state index is 14.0. The minimum atomic E-state index is -2.86. The monoisotopic (exact) mass is 417 g/mol. The van der Waals surface area contributed by atoms with Crippen molar-refractivity contribution >= 4 is 16.7 Å². The number of benzene rings is 3. The van der Waals surface area contributed by atoms with Gasteiger partial charge >= 0.3 is 0 Å². The fraction of sp³-hybridized carbons (Fsp3) is 0.261. The summed E-state index contributed by atoms with van der Waals surface area (Å²) in [5, 5.41) is 1.45. The van der Waals surface area contributed by atoms with Crippen molar-refractivity contribution in [3.05, 3.63) is 65.7 Å². The Labute approximate surface area is 170 Å². The zero-order valence-electron chi connectivity index (χ0n) is 16.2. The quantitative estimate of drug-likeness (QED) is 0.515. The van der Waals surface area contributed by atoms with Gasteiger partial charge in [-0.15, -0.1) is 0 Å². The Balaban J connectivity index is 1.68. The van der Waals surface area contributed by atoms with Crippen LogP contribution in [0, 0.1) is 11.6 Å². The molecule has 0 saturated carbocycles. The van der Waals surface area contributed by atoms with Crippen LogP contribution in [0.1, 0.15) is 23.2 Å². The Morgan fingerprint density at radius 1 is 1.03 bits per heavy atom. The lowest BCUT2D eigenvalue weighted by Gasteiger charge is -2.32. The van der Waals surface area contributed by atoms with Crippen molar-refractivity contribution in [3.63, 3.8) is 0 Å². The summed E-state index contributed by atoms with van der Waals surface area (Å²) in [6, 6.07) is 12.0. The molecule has 156 valence electrons. The molecule has 0 radical (unpaired) electrons. The highest BCUT2D eigenvalue weighted by Crippen LogP contribution is 2.35. The van der Waals surface area contributed by atoms with Crippen LogP contribution in [-0.2, 0) is 0 Å². The number of halogens is 4. The number of hydrogen-bond acceptors (Lipinski definition) is 2. The molecule has 0 aliphatic carbocycles. The molecule has 0 atom stereocenters. The molecule has 0 spiro atoms. The third kappa shape index (κ3) is 3.84. The van der Waals surface area contributed by atoms with Gasteiger partial charge in [0.05, 0.1) is 13.7 Å². The number of ether oxygens (including phenoxy) is 1. The topological polar surface area (TPSA) is 29.5 Å². The number of piperidine rings is 1. The first kappa shape index (κ1) is 20.2. The van der Waals surface area contributed by atoms with Crippen molar-refractivity contribution in [2.45, 2.75) is 18.8 Å². The fourth-order valence-corrected chi connectivity index (χ4v) is 3.85. The van der Waals surface area contributed by atoms with Crippen molar-refractivity contribution in [1.82, 2.24) is 4.90 Å². The zero-order valence-corrected chi connectivity index (χ0v) is 16.2. The number of alkyl halides is 2. The molecule has 7 heteroatoms. The van der Waals surface area contributed by atoms with Crippen LogP contribution in [0.5, 0.6) is 5.75 Å². The molecule has 0 aromatic heterocycles. The molecule has 1 amide bonds. The van der Waals surface area contributed by atoms with Gasteiger partial charge in [0.1, 0.15) is 5.82 Å². The molecule has 30 heavy (non-hydrogen) atoms. The molecule has 1 saturated heterocycles. The predicted octanol–water partition coefficient (Wildman–Crippen LogP) is 5.66. The second-order valence-corrected chi connectivity index (χ2v) is 7.43. The van der Waals surface area contributed by atoms with E-state index in [-0.39, 0.29) is 24.2 Å². The average molecular weight is 417 g/mol. The van der Waals surface area contributed by atoms with E-state index in [1.807, 2.05) is 0 Å². The smallest absolute Gasteiger partial charge is 0.265 e. The number of rotatable bonds is 3. The lowest BCUT2D eigenvalue weighted by Crippen LogP contribution is -2.45. The van der Waals surface area contributed by atoms with E-state index in [1.165, 1.54) is 18.1 Å². The highest BCUT2D eigenvalue weighted by atomic mass is 19.3. The summed E-state index contributed by atoms with van der Waals surface area (Å²) in [5.41, 5.74) is 1.14. The Morgan fingerprint density at radius 3 is 2.50 bits per heavy atom. The van der Waals surface area contributed by atoms with Crippen LogP contribution in [-0.4, -0.2) is 36.9 Å². The van der Waals surface area contributed by atoms with Gasteiger partial charge in [0.2, 0.25) is 0 Å².